The van der Waals surface area contributed by atoms with Gasteiger partial charge in [-0.25, -0.2) is 9.78 Å². The minimum Gasteiger partial charge on any atom is -0.348 e. The Morgan fingerprint density at radius 3 is 2.74 bits per heavy atom. The van der Waals surface area contributed by atoms with E-state index in [2.05, 4.69) is 63.1 Å². The van der Waals surface area contributed by atoms with E-state index in [1.165, 1.54) is 27.9 Å². The number of nitrogens with zero attached hydrogens (tertiary/aromatic N) is 1. The van der Waals surface area contributed by atoms with Crippen molar-refractivity contribution < 1.29 is 4.79 Å². The first kappa shape index (κ1) is 21.9. The highest BCUT2D eigenvalue weighted by molar-refractivity contribution is 6.31. The van der Waals surface area contributed by atoms with Crippen molar-refractivity contribution in [1.82, 2.24) is 15.3 Å². The molecule has 4 aromatic rings. The van der Waals surface area contributed by atoms with Crippen molar-refractivity contribution in [2.45, 2.75) is 44.1 Å². The standard InChI is InChI=1S/C29H27ClN4O/c1-18-6-9-24(15-26(18)30)33-28(35)34-29(11-10-19-4-2-3-5-25(19)29)23-8-7-20-12-22(13-21(20)14-23)27-16-31-17-32-27/h2-9,14-17,22H,10-13H2,1H3,(H,31,32)(H2,33,34,35). The van der Waals surface area contributed by atoms with Crippen LogP contribution < -0.4 is 10.6 Å². The minimum atomic E-state index is -0.587. The Morgan fingerprint density at radius 2 is 1.91 bits per heavy atom. The number of fused-ring (bicyclic) bond motifs is 2. The van der Waals surface area contributed by atoms with Crippen molar-refractivity contribution in [3.05, 3.63) is 117 Å². The molecule has 176 valence electrons. The highest BCUT2D eigenvalue weighted by Crippen LogP contribution is 2.44. The summed E-state index contributed by atoms with van der Waals surface area (Å²) in [6.45, 7) is 1.95. The predicted octanol–water partition coefficient (Wildman–Crippen LogP) is 6.27. The van der Waals surface area contributed by atoms with Crippen molar-refractivity contribution in [3.63, 3.8) is 0 Å². The van der Waals surface area contributed by atoms with E-state index in [0.29, 0.717) is 16.6 Å². The Morgan fingerprint density at radius 1 is 1.06 bits per heavy atom. The largest absolute Gasteiger partial charge is 0.348 e. The lowest BCUT2D eigenvalue weighted by Gasteiger charge is -2.33. The van der Waals surface area contributed by atoms with Crippen molar-refractivity contribution in [3.8, 4) is 0 Å². The number of aryl methyl sites for hydroxylation is 2. The second-order valence-corrected chi connectivity index (χ2v) is 10.1. The average molecular weight is 483 g/mol. The predicted molar refractivity (Wildman–Crippen MR) is 139 cm³/mol. The topological polar surface area (TPSA) is 69.8 Å². The quantitative estimate of drug-likeness (QED) is 0.321. The van der Waals surface area contributed by atoms with Gasteiger partial charge in [-0.3, -0.25) is 0 Å². The van der Waals surface area contributed by atoms with Crippen LogP contribution in [-0.4, -0.2) is 16.0 Å². The Bertz CT molecular complexity index is 1410. The van der Waals surface area contributed by atoms with Gasteiger partial charge in [0, 0.05) is 28.5 Å². The van der Waals surface area contributed by atoms with Crippen LogP contribution in [0.15, 0.2) is 73.2 Å². The molecule has 0 bridgehead atoms. The highest BCUT2D eigenvalue weighted by atomic mass is 35.5. The smallest absolute Gasteiger partial charge is 0.320 e. The van der Waals surface area contributed by atoms with Crippen molar-refractivity contribution >= 4 is 23.3 Å². The number of benzene rings is 3. The van der Waals surface area contributed by atoms with Crippen LogP contribution in [0.25, 0.3) is 0 Å². The van der Waals surface area contributed by atoms with Crippen molar-refractivity contribution in [2.24, 2.45) is 0 Å². The molecule has 35 heavy (non-hydrogen) atoms. The number of hydrogen-bond donors (Lipinski definition) is 3. The maximum Gasteiger partial charge on any atom is 0.320 e. The van der Waals surface area contributed by atoms with Crippen LogP contribution in [0.5, 0.6) is 0 Å². The van der Waals surface area contributed by atoms with Crippen LogP contribution >= 0.6 is 11.6 Å². The Balaban J connectivity index is 1.34. The fourth-order valence-electron chi connectivity index (χ4n) is 5.73. The van der Waals surface area contributed by atoms with Gasteiger partial charge in [0.15, 0.2) is 0 Å². The molecule has 6 heteroatoms. The molecule has 0 spiro atoms. The normalized spacial score (nSPS) is 20.3. The number of halogens is 1. The number of amides is 2. The highest BCUT2D eigenvalue weighted by Gasteiger charge is 2.42. The molecule has 0 radical (unpaired) electrons. The molecule has 3 N–H and O–H groups in total. The Hall–Kier alpha value is -3.57. The maximum atomic E-state index is 13.3. The lowest BCUT2D eigenvalue weighted by atomic mass is 9.83. The summed E-state index contributed by atoms with van der Waals surface area (Å²) in [6, 6.07) is 20.5. The number of H-pyrrole nitrogens is 1. The Kier molecular flexibility index (Phi) is 5.37. The monoisotopic (exact) mass is 482 g/mol. The molecule has 1 heterocycles. The van der Waals surface area contributed by atoms with Crippen LogP contribution in [-0.2, 0) is 24.8 Å². The van der Waals surface area contributed by atoms with E-state index in [9.17, 15) is 4.79 Å². The summed E-state index contributed by atoms with van der Waals surface area (Å²) in [7, 11) is 0. The summed E-state index contributed by atoms with van der Waals surface area (Å²) < 4.78 is 0. The van der Waals surface area contributed by atoms with Crippen LogP contribution in [0.2, 0.25) is 5.02 Å². The zero-order valence-corrected chi connectivity index (χ0v) is 20.3. The fourth-order valence-corrected chi connectivity index (χ4v) is 5.91. The van der Waals surface area contributed by atoms with E-state index in [-0.39, 0.29) is 6.03 Å². The number of carbonyl (C=O) groups excluding carboxylic acids is 1. The fraction of sp³-hybridized carbons (Fsp3) is 0.241. The molecular formula is C29H27ClN4O. The number of aromatic amines is 1. The second-order valence-electron chi connectivity index (χ2n) is 9.70. The molecule has 2 aliphatic carbocycles. The zero-order chi connectivity index (χ0) is 24.0. The molecule has 1 aromatic heterocycles. The van der Waals surface area contributed by atoms with Gasteiger partial charge in [-0.1, -0.05) is 60.1 Å². The van der Waals surface area contributed by atoms with Crippen LogP contribution in [0.3, 0.4) is 0 Å². The van der Waals surface area contributed by atoms with E-state index < -0.39 is 5.54 Å². The lowest BCUT2D eigenvalue weighted by molar-refractivity contribution is 0.242. The molecule has 0 saturated heterocycles. The van der Waals surface area contributed by atoms with Gasteiger partial charge in [-0.2, -0.15) is 0 Å². The summed E-state index contributed by atoms with van der Waals surface area (Å²) in [5.74, 6) is 0.414. The Labute approximate surface area is 210 Å². The maximum absolute atomic E-state index is 13.3. The van der Waals surface area contributed by atoms with Gasteiger partial charge in [-0.05, 0) is 78.1 Å². The van der Waals surface area contributed by atoms with Gasteiger partial charge in [0.2, 0.25) is 0 Å². The van der Waals surface area contributed by atoms with Crippen molar-refractivity contribution in [1.29, 1.82) is 0 Å². The third-order valence-electron chi connectivity index (χ3n) is 7.59. The number of nitrogens with one attached hydrogen (secondary N) is 3. The molecule has 3 aromatic carbocycles. The van der Waals surface area contributed by atoms with Gasteiger partial charge in [0.05, 0.1) is 11.9 Å². The summed E-state index contributed by atoms with van der Waals surface area (Å²) in [5.41, 5.74) is 8.54. The zero-order valence-electron chi connectivity index (χ0n) is 19.6. The number of rotatable bonds is 4. The number of urea groups is 1. The minimum absolute atomic E-state index is 0.238. The average Bonchev–Trinajstić information content (AvgIpc) is 3.60. The molecular weight excluding hydrogens is 456 g/mol. The summed E-state index contributed by atoms with van der Waals surface area (Å²) >= 11 is 6.28. The van der Waals surface area contributed by atoms with Crippen molar-refractivity contribution in [2.75, 3.05) is 5.32 Å². The van der Waals surface area contributed by atoms with E-state index in [1.54, 1.807) is 12.4 Å². The summed E-state index contributed by atoms with van der Waals surface area (Å²) in [6.07, 6.45) is 7.38. The van der Waals surface area contributed by atoms with Gasteiger partial charge in [0.25, 0.3) is 0 Å². The second kappa shape index (κ2) is 8.58. The first-order valence-electron chi connectivity index (χ1n) is 12.1. The van der Waals surface area contributed by atoms with E-state index in [0.717, 1.165) is 36.8 Å². The van der Waals surface area contributed by atoms with Crippen LogP contribution in [0.1, 0.15) is 51.4 Å². The molecule has 2 aliphatic rings. The summed E-state index contributed by atoms with van der Waals surface area (Å²) in [4.78, 5) is 20.8. The van der Waals surface area contributed by atoms with E-state index >= 15 is 0 Å². The molecule has 0 saturated carbocycles. The molecule has 0 aliphatic heterocycles. The molecule has 0 fully saturated rings. The molecule has 6 rings (SSSR count). The van der Waals surface area contributed by atoms with Gasteiger partial charge in [-0.15, -0.1) is 0 Å². The molecule has 2 unspecified atom stereocenters. The molecule has 5 nitrogen and oxygen atoms in total. The van der Waals surface area contributed by atoms with Crippen LogP contribution in [0.4, 0.5) is 10.5 Å². The summed E-state index contributed by atoms with van der Waals surface area (Å²) in [5, 5.41) is 7.00. The first-order chi connectivity index (χ1) is 17.0. The number of anilines is 1. The number of aromatic nitrogens is 2. The SMILES string of the molecule is Cc1ccc(NC(=O)NC2(c3ccc4c(c3)CC(c3cnc[nH]3)C4)CCc3ccccc32)cc1Cl. The van der Waals surface area contributed by atoms with Gasteiger partial charge in [0.1, 0.15) is 0 Å². The van der Waals surface area contributed by atoms with E-state index in [4.69, 9.17) is 11.6 Å². The number of imidazole rings is 1. The number of carbonyl (C=O) groups is 1. The van der Waals surface area contributed by atoms with Crippen LogP contribution in [0, 0.1) is 6.92 Å². The molecule has 2 atom stereocenters. The molecule has 2 amide bonds. The lowest BCUT2D eigenvalue weighted by Crippen LogP contribution is -2.47. The first-order valence-corrected chi connectivity index (χ1v) is 12.4. The van der Waals surface area contributed by atoms with Gasteiger partial charge < -0.3 is 15.6 Å². The third kappa shape index (κ3) is 3.90. The number of hydrogen-bond acceptors (Lipinski definition) is 2. The van der Waals surface area contributed by atoms with Gasteiger partial charge >= 0.3 is 6.03 Å². The van der Waals surface area contributed by atoms with E-state index in [1.807, 2.05) is 25.3 Å². The third-order valence-corrected chi connectivity index (χ3v) is 8.00.